The van der Waals surface area contributed by atoms with Crippen molar-refractivity contribution >= 4 is 28.1 Å². The van der Waals surface area contributed by atoms with E-state index >= 15 is 0 Å². The number of aldehydes is 1. The molecule has 0 saturated heterocycles. The third kappa shape index (κ3) is 1.73. The molecule has 0 bridgehead atoms. The normalized spacial score (nSPS) is 11.2. The molecular weight excluding hydrogens is 264 g/mol. The zero-order valence-electron chi connectivity index (χ0n) is 11.1. The van der Waals surface area contributed by atoms with Gasteiger partial charge in [0.1, 0.15) is 12.0 Å². The SMILES string of the molecule is O=Cc1ccc2[nH]cc(-c3c[nH]c4ccc(O)cc34)c2c1. The second-order valence-corrected chi connectivity index (χ2v) is 5.06. The van der Waals surface area contributed by atoms with Gasteiger partial charge < -0.3 is 15.1 Å². The molecule has 21 heavy (non-hydrogen) atoms. The number of fused-ring (bicyclic) bond motifs is 2. The Balaban J connectivity index is 2.04. The molecule has 0 atom stereocenters. The first-order valence-corrected chi connectivity index (χ1v) is 6.63. The molecule has 3 N–H and O–H groups in total. The van der Waals surface area contributed by atoms with Crippen molar-refractivity contribution in [3.05, 3.63) is 54.4 Å². The number of phenols is 1. The largest absolute Gasteiger partial charge is 0.508 e. The monoisotopic (exact) mass is 276 g/mol. The van der Waals surface area contributed by atoms with Crippen molar-refractivity contribution in [1.82, 2.24) is 9.97 Å². The zero-order chi connectivity index (χ0) is 14.4. The van der Waals surface area contributed by atoms with Crippen LogP contribution in [-0.2, 0) is 0 Å². The average Bonchev–Trinajstić information content (AvgIpc) is 3.09. The molecule has 0 aliphatic rings. The Labute approximate surface area is 120 Å². The van der Waals surface area contributed by atoms with E-state index in [4.69, 9.17) is 0 Å². The highest BCUT2D eigenvalue weighted by molar-refractivity contribution is 6.06. The number of carbonyl (C=O) groups is 1. The van der Waals surface area contributed by atoms with Gasteiger partial charge in [-0.2, -0.15) is 0 Å². The van der Waals surface area contributed by atoms with E-state index in [2.05, 4.69) is 9.97 Å². The van der Waals surface area contributed by atoms with E-state index in [0.29, 0.717) is 5.56 Å². The van der Waals surface area contributed by atoms with Gasteiger partial charge in [-0.25, -0.2) is 0 Å². The maximum Gasteiger partial charge on any atom is 0.150 e. The molecule has 2 aromatic heterocycles. The van der Waals surface area contributed by atoms with Crippen LogP contribution in [0.15, 0.2) is 48.8 Å². The van der Waals surface area contributed by atoms with Crippen molar-refractivity contribution in [2.75, 3.05) is 0 Å². The Morgan fingerprint density at radius 3 is 2.14 bits per heavy atom. The number of rotatable bonds is 2. The number of aromatic nitrogens is 2. The Morgan fingerprint density at radius 2 is 1.48 bits per heavy atom. The van der Waals surface area contributed by atoms with Crippen LogP contribution in [0.2, 0.25) is 0 Å². The van der Waals surface area contributed by atoms with E-state index in [1.165, 1.54) is 0 Å². The summed E-state index contributed by atoms with van der Waals surface area (Å²) in [5.74, 6) is 0.233. The maximum absolute atomic E-state index is 11.0. The molecule has 4 nitrogen and oxygen atoms in total. The molecule has 0 aliphatic heterocycles. The van der Waals surface area contributed by atoms with Gasteiger partial charge in [-0.1, -0.05) is 0 Å². The maximum atomic E-state index is 11.0. The lowest BCUT2D eigenvalue weighted by molar-refractivity contribution is 0.112. The third-order valence-electron chi connectivity index (χ3n) is 3.80. The highest BCUT2D eigenvalue weighted by atomic mass is 16.3. The average molecular weight is 276 g/mol. The topological polar surface area (TPSA) is 68.9 Å². The number of H-pyrrole nitrogens is 2. The fourth-order valence-electron chi connectivity index (χ4n) is 2.77. The van der Waals surface area contributed by atoms with E-state index < -0.39 is 0 Å². The minimum absolute atomic E-state index is 0.233. The molecule has 0 aliphatic carbocycles. The summed E-state index contributed by atoms with van der Waals surface area (Å²) in [7, 11) is 0. The molecule has 0 spiro atoms. The van der Waals surface area contributed by atoms with Gasteiger partial charge in [-0.3, -0.25) is 4.79 Å². The number of aromatic hydroxyl groups is 1. The second kappa shape index (κ2) is 4.24. The molecule has 2 aromatic carbocycles. The molecule has 4 aromatic rings. The van der Waals surface area contributed by atoms with Gasteiger partial charge in [0.05, 0.1) is 0 Å². The standard InChI is InChI=1S/C17H12N2O2/c20-9-10-1-3-16-12(5-10)14(7-18-16)15-8-19-17-4-2-11(21)6-13(15)17/h1-9,18-19,21H. The molecule has 0 saturated carbocycles. The first-order valence-electron chi connectivity index (χ1n) is 6.63. The van der Waals surface area contributed by atoms with Gasteiger partial charge in [0.25, 0.3) is 0 Å². The van der Waals surface area contributed by atoms with Gasteiger partial charge >= 0.3 is 0 Å². The summed E-state index contributed by atoms with van der Waals surface area (Å²) in [6, 6.07) is 10.8. The second-order valence-electron chi connectivity index (χ2n) is 5.06. The van der Waals surface area contributed by atoms with Gasteiger partial charge in [-0.05, 0) is 36.4 Å². The molecular formula is C17H12N2O2. The van der Waals surface area contributed by atoms with E-state index in [0.717, 1.165) is 39.2 Å². The summed E-state index contributed by atoms with van der Waals surface area (Å²) >= 11 is 0. The van der Waals surface area contributed by atoms with Crippen LogP contribution in [0, 0.1) is 0 Å². The van der Waals surface area contributed by atoms with Crippen molar-refractivity contribution < 1.29 is 9.90 Å². The molecule has 0 unspecified atom stereocenters. The highest BCUT2D eigenvalue weighted by Gasteiger charge is 2.12. The van der Waals surface area contributed by atoms with Gasteiger partial charge in [0.2, 0.25) is 0 Å². The van der Waals surface area contributed by atoms with Gasteiger partial charge in [0, 0.05) is 50.9 Å². The lowest BCUT2D eigenvalue weighted by Gasteiger charge is -1.99. The Bertz CT molecular complexity index is 979. The minimum atomic E-state index is 0.233. The van der Waals surface area contributed by atoms with Crippen LogP contribution in [0.1, 0.15) is 10.4 Å². The summed E-state index contributed by atoms with van der Waals surface area (Å²) in [5.41, 5.74) is 4.58. The van der Waals surface area contributed by atoms with Crippen molar-refractivity contribution in [2.45, 2.75) is 0 Å². The fourth-order valence-corrected chi connectivity index (χ4v) is 2.77. The summed E-state index contributed by atoms with van der Waals surface area (Å²) < 4.78 is 0. The number of carbonyl (C=O) groups excluding carboxylic acids is 1. The number of aromatic amines is 2. The van der Waals surface area contributed by atoms with E-state index in [1.807, 2.05) is 30.6 Å². The lowest BCUT2D eigenvalue weighted by atomic mass is 10.0. The first-order chi connectivity index (χ1) is 10.3. The highest BCUT2D eigenvalue weighted by Crippen LogP contribution is 2.35. The Morgan fingerprint density at radius 1 is 0.857 bits per heavy atom. The Hall–Kier alpha value is -3.01. The quantitative estimate of drug-likeness (QED) is 0.487. The molecule has 0 fully saturated rings. The predicted octanol–water partition coefficient (Wildman–Crippen LogP) is 3.83. The lowest BCUT2D eigenvalue weighted by Crippen LogP contribution is -1.79. The van der Waals surface area contributed by atoms with Crippen LogP contribution in [0.5, 0.6) is 5.75 Å². The number of hydrogen-bond donors (Lipinski definition) is 3. The van der Waals surface area contributed by atoms with Crippen LogP contribution in [0.3, 0.4) is 0 Å². The van der Waals surface area contributed by atoms with Crippen LogP contribution >= 0.6 is 0 Å². The minimum Gasteiger partial charge on any atom is -0.508 e. The number of benzene rings is 2. The van der Waals surface area contributed by atoms with Crippen molar-refractivity contribution in [2.24, 2.45) is 0 Å². The smallest absolute Gasteiger partial charge is 0.150 e. The summed E-state index contributed by atoms with van der Waals surface area (Å²) in [4.78, 5) is 17.4. The summed E-state index contributed by atoms with van der Waals surface area (Å²) in [6.45, 7) is 0. The van der Waals surface area contributed by atoms with E-state index in [9.17, 15) is 9.90 Å². The zero-order valence-corrected chi connectivity index (χ0v) is 11.1. The van der Waals surface area contributed by atoms with Crippen molar-refractivity contribution in [3.63, 3.8) is 0 Å². The van der Waals surface area contributed by atoms with Crippen LogP contribution in [0.25, 0.3) is 32.9 Å². The van der Waals surface area contributed by atoms with E-state index in [1.54, 1.807) is 18.2 Å². The van der Waals surface area contributed by atoms with Crippen molar-refractivity contribution in [3.8, 4) is 16.9 Å². The molecule has 0 amide bonds. The third-order valence-corrected chi connectivity index (χ3v) is 3.80. The fraction of sp³-hybridized carbons (Fsp3) is 0. The van der Waals surface area contributed by atoms with Crippen LogP contribution in [-0.4, -0.2) is 21.4 Å². The molecule has 102 valence electrons. The predicted molar refractivity (Wildman–Crippen MR) is 82.6 cm³/mol. The summed E-state index contributed by atoms with van der Waals surface area (Å²) in [5, 5.41) is 11.6. The summed E-state index contributed by atoms with van der Waals surface area (Å²) in [6.07, 6.45) is 4.68. The molecule has 4 rings (SSSR count). The van der Waals surface area contributed by atoms with Gasteiger partial charge in [0.15, 0.2) is 0 Å². The Kier molecular flexibility index (Phi) is 2.38. The van der Waals surface area contributed by atoms with E-state index in [-0.39, 0.29) is 5.75 Å². The first kappa shape index (κ1) is 11.8. The van der Waals surface area contributed by atoms with Crippen LogP contribution in [0.4, 0.5) is 0 Å². The number of phenolic OH excluding ortho intramolecular Hbond substituents is 1. The number of nitrogens with one attached hydrogen (secondary N) is 2. The number of hydrogen-bond acceptors (Lipinski definition) is 2. The molecule has 4 heteroatoms. The molecule has 0 radical (unpaired) electrons. The van der Waals surface area contributed by atoms with Crippen LogP contribution < -0.4 is 0 Å². The van der Waals surface area contributed by atoms with Gasteiger partial charge in [-0.15, -0.1) is 0 Å². The molecule has 2 heterocycles. The van der Waals surface area contributed by atoms with Crippen molar-refractivity contribution in [1.29, 1.82) is 0 Å².